The summed E-state index contributed by atoms with van der Waals surface area (Å²) >= 11 is 0. The minimum absolute atomic E-state index is 0.0197. The van der Waals surface area contributed by atoms with Crippen LogP contribution < -0.4 is 15.4 Å². The highest BCUT2D eigenvalue weighted by Gasteiger charge is 2.23. The monoisotopic (exact) mass is 429 g/mol. The summed E-state index contributed by atoms with van der Waals surface area (Å²) in [5, 5.41) is 5.25. The van der Waals surface area contributed by atoms with Gasteiger partial charge in [-0.15, -0.1) is 0 Å². The number of benzene rings is 1. The van der Waals surface area contributed by atoms with Crippen LogP contribution in [0.1, 0.15) is 40.5 Å². The molecule has 0 fully saturated rings. The summed E-state index contributed by atoms with van der Waals surface area (Å²) in [5.74, 6) is -0.0749. The van der Waals surface area contributed by atoms with Crippen LogP contribution in [0.2, 0.25) is 0 Å². The van der Waals surface area contributed by atoms with Crippen LogP contribution in [-0.2, 0) is 19.6 Å². The number of ether oxygens (including phenoxy) is 2. The van der Waals surface area contributed by atoms with Gasteiger partial charge in [0.2, 0.25) is 15.9 Å². The van der Waals surface area contributed by atoms with Gasteiger partial charge in [-0.25, -0.2) is 17.5 Å². The van der Waals surface area contributed by atoms with Crippen LogP contribution in [0.3, 0.4) is 0 Å². The lowest BCUT2D eigenvalue weighted by Crippen LogP contribution is -2.33. The van der Waals surface area contributed by atoms with Crippen molar-refractivity contribution in [2.75, 3.05) is 32.6 Å². The molecular formula is C19H31N3O6S. The molecule has 0 aliphatic heterocycles. The molecule has 0 spiro atoms. The maximum absolute atomic E-state index is 12.5. The van der Waals surface area contributed by atoms with Gasteiger partial charge in [-0.05, 0) is 52.3 Å². The smallest absolute Gasteiger partial charge is 0.407 e. The first kappa shape index (κ1) is 24.7. The summed E-state index contributed by atoms with van der Waals surface area (Å²) in [6.07, 6.45) is 0.0203. The maximum atomic E-state index is 12.5. The van der Waals surface area contributed by atoms with Crippen LogP contribution in [-0.4, -0.2) is 57.6 Å². The third kappa shape index (κ3) is 8.28. The van der Waals surface area contributed by atoms with Gasteiger partial charge in [0.15, 0.2) is 0 Å². The largest absolute Gasteiger partial charge is 0.492 e. The number of hydrogen-bond donors (Lipinski definition) is 2. The molecule has 0 aromatic heterocycles. The van der Waals surface area contributed by atoms with Crippen LogP contribution in [0.4, 0.5) is 10.5 Å². The molecule has 1 aromatic rings. The Bertz CT molecular complexity index is 816. The molecule has 0 saturated carbocycles. The topological polar surface area (TPSA) is 114 Å². The number of amides is 2. The number of carbonyl (C=O) groups excluding carboxylic acids is 2. The normalized spacial score (nSPS) is 11.8. The van der Waals surface area contributed by atoms with E-state index in [4.69, 9.17) is 9.47 Å². The lowest BCUT2D eigenvalue weighted by molar-refractivity contribution is -0.116. The highest BCUT2D eigenvalue weighted by molar-refractivity contribution is 7.89. The minimum Gasteiger partial charge on any atom is -0.492 e. The molecule has 164 valence electrons. The van der Waals surface area contributed by atoms with Crippen molar-refractivity contribution in [3.8, 4) is 5.75 Å². The minimum atomic E-state index is -3.74. The van der Waals surface area contributed by atoms with Crippen molar-refractivity contribution in [3.63, 3.8) is 0 Å². The van der Waals surface area contributed by atoms with Crippen LogP contribution in [0.15, 0.2) is 23.1 Å². The predicted molar refractivity (Wildman–Crippen MR) is 111 cm³/mol. The van der Waals surface area contributed by atoms with Crippen LogP contribution in [0, 0.1) is 0 Å². The van der Waals surface area contributed by atoms with Crippen molar-refractivity contribution >= 4 is 27.7 Å². The molecule has 0 heterocycles. The van der Waals surface area contributed by atoms with Crippen LogP contribution in [0.25, 0.3) is 0 Å². The summed E-state index contributed by atoms with van der Waals surface area (Å²) < 4.78 is 36.6. The Morgan fingerprint density at radius 2 is 1.83 bits per heavy atom. The van der Waals surface area contributed by atoms with Gasteiger partial charge < -0.3 is 20.1 Å². The summed E-state index contributed by atoms with van der Waals surface area (Å²) in [7, 11) is -0.889. The van der Waals surface area contributed by atoms with Gasteiger partial charge in [-0.2, -0.15) is 0 Å². The Balaban J connectivity index is 2.69. The number of rotatable bonds is 9. The quantitative estimate of drug-likeness (QED) is 0.583. The third-order valence-electron chi connectivity index (χ3n) is 3.53. The number of hydrogen-bond acceptors (Lipinski definition) is 6. The fourth-order valence-corrected chi connectivity index (χ4v) is 3.29. The number of sulfonamides is 1. The summed E-state index contributed by atoms with van der Waals surface area (Å²) in [6, 6.07) is 4.47. The number of alkyl carbamates (subject to hydrolysis) is 1. The van der Waals surface area contributed by atoms with Crippen molar-refractivity contribution in [1.82, 2.24) is 9.62 Å². The number of anilines is 1. The first-order chi connectivity index (χ1) is 13.4. The van der Waals surface area contributed by atoms with Gasteiger partial charge in [0.05, 0.1) is 6.61 Å². The zero-order chi connectivity index (χ0) is 22.2. The van der Waals surface area contributed by atoms with E-state index < -0.39 is 21.7 Å². The Labute approximate surface area is 172 Å². The van der Waals surface area contributed by atoms with Crippen molar-refractivity contribution in [3.05, 3.63) is 18.2 Å². The van der Waals surface area contributed by atoms with E-state index in [2.05, 4.69) is 10.6 Å². The molecule has 9 nitrogen and oxygen atoms in total. The lowest BCUT2D eigenvalue weighted by Gasteiger charge is -2.19. The standard InChI is InChI=1S/C19H31N3O6S/c1-7-27-15-11-10-14(13-16(15)29(25,26)22(5)6)21-17(23)9-8-12-20-18(24)28-19(2,3)4/h10-11,13H,7-9,12H2,1-6H3,(H,20,24)(H,21,23). The summed E-state index contributed by atoms with van der Waals surface area (Å²) in [5.41, 5.74) is -0.237. The van der Waals surface area contributed by atoms with Gasteiger partial charge in [-0.3, -0.25) is 4.79 Å². The second-order valence-electron chi connectivity index (χ2n) is 7.46. The molecule has 1 aromatic carbocycles. The fourth-order valence-electron chi connectivity index (χ4n) is 2.24. The van der Waals surface area contributed by atoms with E-state index in [1.807, 2.05) is 0 Å². The van der Waals surface area contributed by atoms with E-state index in [0.717, 1.165) is 4.31 Å². The van der Waals surface area contributed by atoms with E-state index in [-0.39, 0.29) is 29.5 Å². The zero-order valence-corrected chi connectivity index (χ0v) is 18.7. The molecule has 0 aliphatic rings. The van der Waals surface area contributed by atoms with Crippen molar-refractivity contribution in [2.24, 2.45) is 0 Å². The number of nitrogens with one attached hydrogen (secondary N) is 2. The molecule has 0 unspecified atom stereocenters. The molecule has 0 saturated heterocycles. The molecule has 29 heavy (non-hydrogen) atoms. The number of carbonyl (C=O) groups is 2. The Kier molecular flexibility index (Phi) is 8.90. The average Bonchev–Trinajstić information content (AvgIpc) is 2.58. The molecule has 2 amide bonds. The number of nitrogens with zero attached hydrogens (tertiary/aromatic N) is 1. The Hall–Kier alpha value is -2.33. The maximum Gasteiger partial charge on any atom is 0.407 e. The van der Waals surface area contributed by atoms with E-state index in [1.54, 1.807) is 33.8 Å². The zero-order valence-electron chi connectivity index (χ0n) is 17.9. The summed E-state index contributed by atoms with van der Waals surface area (Å²) in [6.45, 7) is 7.65. The van der Waals surface area contributed by atoms with E-state index in [9.17, 15) is 18.0 Å². The molecule has 0 atom stereocenters. The SMILES string of the molecule is CCOc1ccc(NC(=O)CCCNC(=O)OC(C)(C)C)cc1S(=O)(=O)N(C)C. The molecule has 2 N–H and O–H groups in total. The van der Waals surface area contributed by atoms with Gasteiger partial charge >= 0.3 is 6.09 Å². The summed E-state index contributed by atoms with van der Waals surface area (Å²) in [4.78, 5) is 23.7. The van der Waals surface area contributed by atoms with E-state index in [1.165, 1.54) is 26.2 Å². The molecular weight excluding hydrogens is 398 g/mol. The fraction of sp³-hybridized carbons (Fsp3) is 0.579. The van der Waals surface area contributed by atoms with Gasteiger partial charge in [0.1, 0.15) is 16.2 Å². The van der Waals surface area contributed by atoms with Gasteiger partial charge in [0.25, 0.3) is 0 Å². The molecule has 0 radical (unpaired) electrons. The van der Waals surface area contributed by atoms with Crippen LogP contribution >= 0.6 is 0 Å². The van der Waals surface area contributed by atoms with E-state index >= 15 is 0 Å². The molecule has 10 heteroatoms. The Morgan fingerprint density at radius 3 is 2.38 bits per heavy atom. The van der Waals surface area contributed by atoms with Crippen molar-refractivity contribution in [2.45, 2.75) is 51.0 Å². The van der Waals surface area contributed by atoms with E-state index in [0.29, 0.717) is 18.7 Å². The second-order valence-corrected chi connectivity index (χ2v) is 9.58. The highest BCUT2D eigenvalue weighted by Crippen LogP contribution is 2.29. The molecule has 0 aliphatic carbocycles. The Morgan fingerprint density at radius 1 is 1.17 bits per heavy atom. The van der Waals surface area contributed by atoms with Crippen molar-refractivity contribution in [1.29, 1.82) is 0 Å². The predicted octanol–water partition coefficient (Wildman–Crippen LogP) is 2.58. The molecule has 1 rings (SSSR count). The van der Waals surface area contributed by atoms with Gasteiger partial charge in [0, 0.05) is 32.7 Å². The van der Waals surface area contributed by atoms with Gasteiger partial charge in [-0.1, -0.05) is 0 Å². The second kappa shape index (κ2) is 10.4. The third-order valence-corrected chi connectivity index (χ3v) is 5.37. The van der Waals surface area contributed by atoms with Crippen molar-refractivity contribution < 1.29 is 27.5 Å². The molecule has 0 bridgehead atoms. The highest BCUT2D eigenvalue weighted by atomic mass is 32.2. The first-order valence-electron chi connectivity index (χ1n) is 9.33. The average molecular weight is 430 g/mol. The first-order valence-corrected chi connectivity index (χ1v) is 10.8. The van der Waals surface area contributed by atoms with Crippen LogP contribution in [0.5, 0.6) is 5.75 Å². The lowest BCUT2D eigenvalue weighted by atomic mass is 10.2.